The van der Waals surface area contributed by atoms with Crippen LogP contribution in [0.2, 0.25) is 0 Å². The minimum absolute atomic E-state index is 0.00485. The van der Waals surface area contributed by atoms with E-state index in [4.69, 9.17) is 4.42 Å². The van der Waals surface area contributed by atoms with Crippen LogP contribution in [0.3, 0.4) is 0 Å². The number of fused-ring (bicyclic) bond motifs is 15. The van der Waals surface area contributed by atoms with Crippen molar-refractivity contribution in [2.24, 2.45) is 0 Å². The van der Waals surface area contributed by atoms with E-state index in [2.05, 4.69) is 173 Å². The number of para-hydroxylation sites is 5. The SMILES string of the molecule is O=c1c2ccc(-c3cccc4oc5ccc(-n6c7ccccc7c7ccc8c(c9ccccc9n8-c8ccccc8)c76)cc5c34)cc2c2cccc3c4ccccc4n1c23. The van der Waals surface area contributed by atoms with Gasteiger partial charge in [-0.3, -0.25) is 9.20 Å². The van der Waals surface area contributed by atoms with E-state index in [0.717, 1.165) is 88.1 Å². The summed E-state index contributed by atoms with van der Waals surface area (Å²) in [5, 5.41) is 11.9. The van der Waals surface area contributed by atoms with Crippen molar-refractivity contribution in [2.75, 3.05) is 0 Å². The molecule has 0 saturated carbocycles. The predicted octanol–water partition coefficient (Wildman–Crippen LogP) is 14.0. The maximum Gasteiger partial charge on any atom is 0.263 e. The van der Waals surface area contributed by atoms with Crippen molar-refractivity contribution < 1.29 is 4.42 Å². The Balaban J connectivity index is 1.05. The van der Waals surface area contributed by atoms with Crippen LogP contribution in [-0.4, -0.2) is 13.5 Å². The molecule has 9 aromatic carbocycles. The standard InChI is InChI=1S/C55H31N3O2/c59-55-41-26-24-32(30-43(41)39-19-10-18-38-36-14-5-8-21-46(36)58(55)53(38)39)35-17-11-23-50-51(35)44-31-34(25-29-49(44)60-50)57-45-20-7-4-15-37(45)40-27-28-48-52(54(40)57)42-16-6-9-22-47(42)56(48)33-12-2-1-3-13-33/h1-31H. The first-order valence-electron chi connectivity index (χ1n) is 20.4. The second-order valence-electron chi connectivity index (χ2n) is 16.0. The van der Waals surface area contributed by atoms with Gasteiger partial charge >= 0.3 is 0 Å². The van der Waals surface area contributed by atoms with Crippen LogP contribution in [0.15, 0.2) is 197 Å². The van der Waals surface area contributed by atoms with E-state index in [-0.39, 0.29) is 5.56 Å². The van der Waals surface area contributed by atoms with Crippen molar-refractivity contribution in [3.8, 4) is 22.5 Å². The smallest absolute Gasteiger partial charge is 0.263 e. The molecule has 0 bridgehead atoms. The van der Waals surface area contributed by atoms with Crippen molar-refractivity contribution >= 4 is 104 Å². The molecular formula is C55H31N3O2. The normalized spacial score (nSPS) is 12.4. The summed E-state index contributed by atoms with van der Waals surface area (Å²) in [6.45, 7) is 0. The highest BCUT2D eigenvalue weighted by Gasteiger charge is 2.23. The lowest BCUT2D eigenvalue weighted by atomic mass is 9.95. The lowest BCUT2D eigenvalue weighted by molar-refractivity contribution is 0.669. The van der Waals surface area contributed by atoms with Gasteiger partial charge in [-0.05, 0) is 89.3 Å². The van der Waals surface area contributed by atoms with Crippen LogP contribution in [0.4, 0.5) is 0 Å². The molecule has 14 rings (SSSR count). The van der Waals surface area contributed by atoms with Crippen molar-refractivity contribution in [1.29, 1.82) is 0 Å². The number of benzene rings is 9. The van der Waals surface area contributed by atoms with Crippen LogP contribution >= 0.6 is 0 Å². The summed E-state index contributed by atoms with van der Waals surface area (Å²) in [6.07, 6.45) is 0. The Morgan fingerprint density at radius 1 is 0.350 bits per heavy atom. The van der Waals surface area contributed by atoms with E-state index in [9.17, 15) is 4.79 Å². The van der Waals surface area contributed by atoms with Gasteiger partial charge in [-0.25, -0.2) is 0 Å². The first kappa shape index (κ1) is 31.9. The highest BCUT2D eigenvalue weighted by molar-refractivity contribution is 6.27. The van der Waals surface area contributed by atoms with E-state index in [1.54, 1.807) is 0 Å². The van der Waals surface area contributed by atoms with Crippen molar-refractivity contribution in [3.05, 3.63) is 198 Å². The Hall–Kier alpha value is -8.15. The van der Waals surface area contributed by atoms with Crippen LogP contribution in [0.25, 0.3) is 126 Å². The maximum atomic E-state index is 14.3. The first-order valence-corrected chi connectivity index (χ1v) is 20.4. The van der Waals surface area contributed by atoms with Gasteiger partial charge in [0.25, 0.3) is 5.56 Å². The molecule has 5 heteroatoms. The molecule has 5 aromatic heterocycles. The van der Waals surface area contributed by atoms with Gasteiger partial charge in [0.15, 0.2) is 0 Å². The average Bonchev–Trinajstić information content (AvgIpc) is 4.05. The summed E-state index contributed by atoms with van der Waals surface area (Å²) < 4.78 is 13.4. The van der Waals surface area contributed by atoms with Gasteiger partial charge in [-0.2, -0.15) is 0 Å². The molecule has 0 aliphatic carbocycles. The summed E-state index contributed by atoms with van der Waals surface area (Å²) in [5.74, 6) is 0. The van der Waals surface area contributed by atoms with Gasteiger partial charge in [0.1, 0.15) is 11.2 Å². The van der Waals surface area contributed by atoms with E-state index < -0.39 is 0 Å². The number of hydrogen-bond donors (Lipinski definition) is 0. The fraction of sp³-hybridized carbons (Fsp3) is 0. The van der Waals surface area contributed by atoms with Crippen molar-refractivity contribution in [3.63, 3.8) is 0 Å². The van der Waals surface area contributed by atoms with E-state index in [1.165, 1.54) is 32.6 Å². The van der Waals surface area contributed by atoms with Gasteiger partial charge < -0.3 is 13.6 Å². The van der Waals surface area contributed by atoms with Crippen LogP contribution in [0.5, 0.6) is 0 Å². The molecule has 0 amide bonds. The molecule has 278 valence electrons. The Bertz CT molecular complexity index is 4200. The first-order chi connectivity index (χ1) is 29.7. The lowest BCUT2D eigenvalue weighted by Gasteiger charge is -2.11. The average molecular weight is 766 g/mol. The summed E-state index contributed by atoms with van der Waals surface area (Å²) in [4.78, 5) is 14.3. The third-order valence-electron chi connectivity index (χ3n) is 13.0. The summed E-state index contributed by atoms with van der Waals surface area (Å²) >= 11 is 0. The molecule has 0 fully saturated rings. The molecule has 60 heavy (non-hydrogen) atoms. The van der Waals surface area contributed by atoms with Gasteiger partial charge in [0.05, 0.1) is 33.1 Å². The Morgan fingerprint density at radius 3 is 1.83 bits per heavy atom. The topological polar surface area (TPSA) is 44.5 Å². The number of rotatable bonds is 3. The molecule has 0 saturated heterocycles. The maximum absolute atomic E-state index is 14.3. The second kappa shape index (κ2) is 11.5. The number of furan rings is 1. The minimum atomic E-state index is 0.00485. The Labute approximate surface area is 341 Å². The summed E-state index contributed by atoms with van der Waals surface area (Å²) in [5.41, 5.74) is 12.5. The zero-order valence-electron chi connectivity index (χ0n) is 32.1. The van der Waals surface area contributed by atoms with Gasteiger partial charge in [0.2, 0.25) is 0 Å². The largest absolute Gasteiger partial charge is 0.456 e. The third kappa shape index (κ3) is 4.03. The van der Waals surface area contributed by atoms with Gasteiger partial charge in [-0.15, -0.1) is 0 Å². The number of pyridine rings is 1. The van der Waals surface area contributed by atoms with Gasteiger partial charge in [0, 0.05) is 65.2 Å². The molecule has 5 heterocycles. The van der Waals surface area contributed by atoms with Crippen LogP contribution in [-0.2, 0) is 0 Å². The lowest BCUT2D eigenvalue weighted by Crippen LogP contribution is -2.12. The van der Waals surface area contributed by atoms with Crippen LogP contribution in [0.1, 0.15) is 0 Å². The molecule has 5 nitrogen and oxygen atoms in total. The zero-order chi connectivity index (χ0) is 39.2. The molecule has 0 unspecified atom stereocenters. The molecule has 0 spiro atoms. The molecule has 0 radical (unpaired) electrons. The molecule has 0 aliphatic rings. The summed E-state index contributed by atoms with van der Waals surface area (Å²) in [6, 6.07) is 66.5. The molecule has 0 atom stereocenters. The van der Waals surface area contributed by atoms with Crippen molar-refractivity contribution in [1.82, 2.24) is 13.5 Å². The van der Waals surface area contributed by atoms with Crippen molar-refractivity contribution in [2.45, 2.75) is 0 Å². The quantitative estimate of drug-likeness (QED) is 0.168. The Kier molecular flexibility index (Phi) is 6.11. The molecule has 0 N–H and O–H groups in total. The molecular weight excluding hydrogens is 735 g/mol. The fourth-order valence-electron chi connectivity index (χ4n) is 10.5. The minimum Gasteiger partial charge on any atom is -0.456 e. The highest BCUT2D eigenvalue weighted by atomic mass is 16.3. The monoisotopic (exact) mass is 765 g/mol. The van der Waals surface area contributed by atoms with Gasteiger partial charge in [-0.1, -0.05) is 115 Å². The highest BCUT2D eigenvalue weighted by Crippen LogP contribution is 2.44. The third-order valence-corrected chi connectivity index (χ3v) is 13.0. The summed E-state index contributed by atoms with van der Waals surface area (Å²) in [7, 11) is 0. The number of nitrogens with zero attached hydrogens (tertiary/aromatic N) is 3. The van der Waals surface area contributed by atoms with E-state index in [1.807, 2.05) is 28.7 Å². The fourth-order valence-corrected chi connectivity index (χ4v) is 10.5. The van der Waals surface area contributed by atoms with E-state index in [0.29, 0.717) is 5.39 Å². The zero-order valence-corrected chi connectivity index (χ0v) is 32.1. The number of aromatic nitrogens is 3. The molecule has 0 aliphatic heterocycles. The van der Waals surface area contributed by atoms with Crippen LogP contribution in [0, 0.1) is 0 Å². The van der Waals surface area contributed by atoms with Crippen LogP contribution < -0.4 is 5.56 Å². The Morgan fingerprint density at radius 2 is 1.00 bits per heavy atom. The predicted molar refractivity (Wildman–Crippen MR) is 249 cm³/mol. The molecule has 14 aromatic rings. The number of hydrogen-bond acceptors (Lipinski definition) is 2. The second-order valence-corrected chi connectivity index (χ2v) is 16.0. The van der Waals surface area contributed by atoms with E-state index >= 15 is 0 Å².